The largest absolute Gasteiger partial charge is 0.357 e. The minimum atomic E-state index is 0.527. The zero-order chi connectivity index (χ0) is 21.3. The number of nitrogens with one attached hydrogen (secondary N) is 3. The third-order valence-electron chi connectivity index (χ3n) is 5.61. The van der Waals surface area contributed by atoms with Crippen molar-refractivity contribution in [2.24, 2.45) is 4.99 Å². The van der Waals surface area contributed by atoms with E-state index in [0.29, 0.717) is 12.6 Å². The number of guanidine groups is 1. The lowest BCUT2D eigenvalue weighted by Crippen LogP contribution is -2.44. The van der Waals surface area contributed by atoms with E-state index < -0.39 is 0 Å². The van der Waals surface area contributed by atoms with Gasteiger partial charge in [0.1, 0.15) is 6.33 Å². The number of nitrogens with zero attached hydrogens (tertiary/aromatic N) is 4. The fourth-order valence-corrected chi connectivity index (χ4v) is 4.04. The van der Waals surface area contributed by atoms with E-state index in [4.69, 9.17) is 4.99 Å². The summed E-state index contributed by atoms with van der Waals surface area (Å²) in [5, 5.41) is 13.8. The maximum Gasteiger partial charge on any atom is 0.191 e. The molecule has 0 amide bonds. The van der Waals surface area contributed by atoms with Gasteiger partial charge in [0.05, 0.1) is 6.54 Å². The van der Waals surface area contributed by atoms with Gasteiger partial charge in [-0.3, -0.25) is 10.00 Å². The number of aromatic nitrogens is 3. The van der Waals surface area contributed by atoms with Gasteiger partial charge in [-0.15, -0.1) is 0 Å². The Hall–Kier alpha value is -3.19. The Labute approximate surface area is 184 Å². The summed E-state index contributed by atoms with van der Waals surface area (Å²) >= 11 is 0. The van der Waals surface area contributed by atoms with Gasteiger partial charge in [-0.1, -0.05) is 48.5 Å². The van der Waals surface area contributed by atoms with Gasteiger partial charge in [-0.25, -0.2) is 9.98 Å². The van der Waals surface area contributed by atoms with Crippen molar-refractivity contribution in [3.05, 3.63) is 72.1 Å². The van der Waals surface area contributed by atoms with Crippen LogP contribution < -0.4 is 10.6 Å². The summed E-state index contributed by atoms with van der Waals surface area (Å²) in [4.78, 5) is 11.6. The van der Waals surface area contributed by atoms with Crippen molar-refractivity contribution in [2.75, 3.05) is 19.6 Å². The minimum absolute atomic E-state index is 0.527. The number of aliphatic imine (C=N–C) groups is 1. The molecule has 7 nitrogen and oxygen atoms in total. The fraction of sp³-hybridized carbons (Fsp3) is 0.375. The molecule has 1 atom stereocenters. The molecule has 7 heteroatoms. The molecule has 0 aliphatic carbocycles. The Balaban J connectivity index is 1.35. The van der Waals surface area contributed by atoms with Crippen LogP contribution in [0.5, 0.6) is 0 Å². The summed E-state index contributed by atoms with van der Waals surface area (Å²) in [5.41, 5.74) is 3.53. The van der Waals surface area contributed by atoms with E-state index in [1.807, 2.05) is 12.1 Å². The molecular weight excluding hydrogens is 386 g/mol. The molecule has 1 unspecified atom stereocenters. The smallest absolute Gasteiger partial charge is 0.191 e. The molecule has 0 saturated carbocycles. The van der Waals surface area contributed by atoms with E-state index in [0.717, 1.165) is 49.1 Å². The van der Waals surface area contributed by atoms with Gasteiger partial charge < -0.3 is 10.6 Å². The summed E-state index contributed by atoms with van der Waals surface area (Å²) in [5.74, 6) is 1.63. The highest BCUT2D eigenvalue weighted by Crippen LogP contribution is 2.19. The predicted molar refractivity (Wildman–Crippen MR) is 125 cm³/mol. The van der Waals surface area contributed by atoms with E-state index in [1.54, 1.807) is 0 Å². The Morgan fingerprint density at radius 2 is 2.00 bits per heavy atom. The first kappa shape index (κ1) is 21.1. The Kier molecular flexibility index (Phi) is 7.28. The van der Waals surface area contributed by atoms with Crippen LogP contribution in [0.15, 0.2) is 65.9 Å². The van der Waals surface area contributed by atoms with Crippen molar-refractivity contribution in [1.29, 1.82) is 0 Å². The standard InChI is InChI=1S/C24H31N7/c1-2-25-24(26-15-20-10-6-11-21(14-20)23-28-18-29-30-23)27-16-22-12-7-13-31(22)17-19-8-4-3-5-9-19/h3-6,8-11,14,18,22H,2,7,12-13,15-17H2,1H3,(H2,25,26,27)(H,28,29,30). The van der Waals surface area contributed by atoms with Crippen molar-refractivity contribution in [3.8, 4) is 11.4 Å². The molecule has 0 bridgehead atoms. The van der Waals surface area contributed by atoms with Crippen LogP contribution in [0, 0.1) is 0 Å². The molecule has 162 valence electrons. The van der Waals surface area contributed by atoms with Crippen LogP contribution in [0.2, 0.25) is 0 Å². The zero-order valence-electron chi connectivity index (χ0n) is 18.1. The lowest BCUT2D eigenvalue weighted by atomic mass is 10.1. The highest BCUT2D eigenvalue weighted by molar-refractivity contribution is 5.79. The summed E-state index contributed by atoms with van der Waals surface area (Å²) in [6.45, 7) is 6.60. The van der Waals surface area contributed by atoms with Crippen LogP contribution in [0.25, 0.3) is 11.4 Å². The van der Waals surface area contributed by atoms with Crippen molar-refractivity contribution in [3.63, 3.8) is 0 Å². The van der Waals surface area contributed by atoms with Gasteiger partial charge in [-0.2, -0.15) is 5.10 Å². The Morgan fingerprint density at radius 3 is 2.81 bits per heavy atom. The molecule has 1 aliphatic rings. The first-order valence-electron chi connectivity index (χ1n) is 11.1. The van der Waals surface area contributed by atoms with Crippen LogP contribution in [0.3, 0.4) is 0 Å². The van der Waals surface area contributed by atoms with Crippen LogP contribution >= 0.6 is 0 Å². The summed E-state index contributed by atoms with van der Waals surface area (Å²) in [6, 6.07) is 19.5. The molecule has 1 aliphatic heterocycles. The van der Waals surface area contributed by atoms with E-state index in [-0.39, 0.29) is 0 Å². The number of benzene rings is 2. The third kappa shape index (κ3) is 5.92. The second kappa shape index (κ2) is 10.7. The van der Waals surface area contributed by atoms with Crippen molar-refractivity contribution < 1.29 is 0 Å². The van der Waals surface area contributed by atoms with Crippen LogP contribution in [0.1, 0.15) is 30.9 Å². The van der Waals surface area contributed by atoms with E-state index in [2.05, 4.69) is 80.1 Å². The molecule has 1 fully saturated rings. The highest BCUT2D eigenvalue weighted by Gasteiger charge is 2.24. The molecule has 31 heavy (non-hydrogen) atoms. The fourth-order valence-electron chi connectivity index (χ4n) is 4.04. The molecule has 1 saturated heterocycles. The number of hydrogen-bond acceptors (Lipinski definition) is 4. The summed E-state index contributed by atoms with van der Waals surface area (Å²) in [7, 11) is 0. The van der Waals surface area contributed by atoms with Crippen molar-refractivity contribution in [1.82, 2.24) is 30.7 Å². The monoisotopic (exact) mass is 417 g/mol. The van der Waals surface area contributed by atoms with Gasteiger partial charge in [0, 0.05) is 31.2 Å². The van der Waals surface area contributed by atoms with Crippen molar-refractivity contribution in [2.45, 2.75) is 38.9 Å². The van der Waals surface area contributed by atoms with Crippen LogP contribution in [-0.2, 0) is 13.1 Å². The third-order valence-corrected chi connectivity index (χ3v) is 5.61. The molecule has 4 rings (SSSR count). The van der Waals surface area contributed by atoms with Gasteiger partial charge >= 0.3 is 0 Å². The molecule has 3 aromatic rings. The van der Waals surface area contributed by atoms with Gasteiger partial charge in [0.15, 0.2) is 11.8 Å². The van der Waals surface area contributed by atoms with E-state index in [1.165, 1.54) is 24.7 Å². The Bertz CT molecular complexity index is 953. The maximum absolute atomic E-state index is 4.81. The molecule has 3 N–H and O–H groups in total. The second-order valence-electron chi connectivity index (χ2n) is 7.86. The first-order chi connectivity index (χ1) is 15.3. The van der Waals surface area contributed by atoms with E-state index >= 15 is 0 Å². The second-order valence-corrected chi connectivity index (χ2v) is 7.86. The summed E-state index contributed by atoms with van der Waals surface area (Å²) in [6.07, 6.45) is 4.00. The maximum atomic E-state index is 4.81. The van der Waals surface area contributed by atoms with Gasteiger partial charge in [0.25, 0.3) is 0 Å². The summed E-state index contributed by atoms with van der Waals surface area (Å²) < 4.78 is 0. The average Bonchev–Trinajstić information content (AvgIpc) is 3.49. The van der Waals surface area contributed by atoms with E-state index in [9.17, 15) is 0 Å². The number of hydrogen-bond donors (Lipinski definition) is 3. The lowest BCUT2D eigenvalue weighted by Gasteiger charge is -2.25. The topological polar surface area (TPSA) is 81.2 Å². The molecule has 0 radical (unpaired) electrons. The molecule has 0 spiro atoms. The predicted octanol–water partition coefficient (Wildman–Crippen LogP) is 3.19. The van der Waals surface area contributed by atoms with Gasteiger partial charge in [0.2, 0.25) is 0 Å². The molecule has 1 aromatic heterocycles. The normalized spacial score (nSPS) is 17.1. The molecule has 2 aromatic carbocycles. The minimum Gasteiger partial charge on any atom is -0.357 e. The van der Waals surface area contributed by atoms with Gasteiger partial charge in [-0.05, 0) is 43.5 Å². The SMILES string of the molecule is CCNC(=NCc1cccc(-c2ncn[nH]2)c1)NCC1CCCN1Cc1ccccc1. The zero-order valence-corrected chi connectivity index (χ0v) is 18.1. The van der Waals surface area contributed by atoms with Crippen LogP contribution in [0.4, 0.5) is 0 Å². The first-order valence-corrected chi connectivity index (χ1v) is 11.1. The number of rotatable bonds is 8. The number of likely N-dealkylation sites (tertiary alicyclic amines) is 1. The van der Waals surface area contributed by atoms with Crippen LogP contribution in [-0.4, -0.2) is 51.7 Å². The highest BCUT2D eigenvalue weighted by atomic mass is 15.2. The average molecular weight is 418 g/mol. The number of H-pyrrole nitrogens is 1. The van der Waals surface area contributed by atoms with Crippen molar-refractivity contribution >= 4 is 5.96 Å². The molecular formula is C24H31N7. The molecule has 2 heterocycles. The lowest BCUT2D eigenvalue weighted by molar-refractivity contribution is 0.245. The number of aromatic amines is 1. The Morgan fingerprint density at radius 1 is 1.13 bits per heavy atom. The quantitative estimate of drug-likeness (QED) is 0.387.